The van der Waals surface area contributed by atoms with E-state index in [2.05, 4.69) is 17.4 Å². The number of halogens is 1. The molecule has 7 heteroatoms. The van der Waals surface area contributed by atoms with Crippen molar-refractivity contribution in [2.45, 2.75) is 18.4 Å². The van der Waals surface area contributed by atoms with E-state index in [0.29, 0.717) is 9.90 Å². The van der Waals surface area contributed by atoms with Gasteiger partial charge in [0, 0.05) is 12.3 Å². The molecule has 1 aliphatic carbocycles. The molecular formula is C22H18ClNO4S. The fourth-order valence-corrected chi connectivity index (χ4v) is 4.62. The van der Waals surface area contributed by atoms with Gasteiger partial charge in [-0.3, -0.25) is 0 Å². The molecule has 0 bridgehead atoms. The normalized spacial score (nSPS) is 13.4. The topological polar surface area (TPSA) is 75.6 Å². The van der Waals surface area contributed by atoms with Gasteiger partial charge in [-0.15, -0.1) is 11.3 Å². The molecule has 1 aliphatic rings. The highest BCUT2D eigenvalue weighted by Crippen LogP contribution is 2.44. The molecule has 1 atom stereocenters. The summed E-state index contributed by atoms with van der Waals surface area (Å²) in [6.07, 6.45) is -0.660. The Morgan fingerprint density at radius 2 is 1.69 bits per heavy atom. The number of aliphatic carboxylic acids is 1. The molecule has 0 radical (unpaired) electrons. The van der Waals surface area contributed by atoms with Gasteiger partial charge in [0.2, 0.25) is 0 Å². The summed E-state index contributed by atoms with van der Waals surface area (Å²) in [6.45, 7) is 0.130. The van der Waals surface area contributed by atoms with Crippen LogP contribution >= 0.6 is 22.9 Å². The number of carbonyl (C=O) groups is 2. The number of hydrogen-bond donors (Lipinski definition) is 2. The molecule has 0 fully saturated rings. The molecular weight excluding hydrogens is 410 g/mol. The van der Waals surface area contributed by atoms with Gasteiger partial charge in [0.15, 0.2) is 0 Å². The zero-order chi connectivity index (χ0) is 20.4. The van der Waals surface area contributed by atoms with Crippen LogP contribution in [0.4, 0.5) is 4.79 Å². The molecule has 0 aliphatic heterocycles. The van der Waals surface area contributed by atoms with Crippen molar-refractivity contribution in [3.8, 4) is 11.1 Å². The highest BCUT2D eigenvalue weighted by molar-refractivity contribution is 7.14. The molecule has 3 aromatic rings. The van der Waals surface area contributed by atoms with Crippen LogP contribution in [-0.2, 0) is 16.0 Å². The Bertz CT molecular complexity index is 1020. The lowest BCUT2D eigenvalue weighted by atomic mass is 9.98. The van der Waals surface area contributed by atoms with E-state index >= 15 is 0 Å². The predicted molar refractivity (Wildman–Crippen MR) is 113 cm³/mol. The Hall–Kier alpha value is -2.83. The van der Waals surface area contributed by atoms with Gasteiger partial charge in [-0.05, 0) is 39.3 Å². The van der Waals surface area contributed by atoms with Crippen molar-refractivity contribution >= 4 is 35.0 Å². The summed E-state index contributed by atoms with van der Waals surface area (Å²) in [6, 6.07) is 16.7. The number of amides is 1. The van der Waals surface area contributed by atoms with Crippen molar-refractivity contribution in [1.29, 1.82) is 0 Å². The molecule has 2 N–H and O–H groups in total. The van der Waals surface area contributed by atoms with Gasteiger partial charge in [-0.2, -0.15) is 0 Å². The van der Waals surface area contributed by atoms with Gasteiger partial charge >= 0.3 is 12.1 Å². The summed E-state index contributed by atoms with van der Waals surface area (Å²) in [5.74, 6) is -1.22. The van der Waals surface area contributed by atoms with Crippen LogP contribution < -0.4 is 5.32 Å². The monoisotopic (exact) mass is 427 g/mol. The zero-order valence-corrected chi connectivity index (χ0v) is 16.9. The molecule has 1 amide bonds. The van der Waals surface area contributed by atoms with E-state index in [0.717, 1.165) is 22.3 Å². The molecule has 4 rings (SSSR count). The van der Waals surface area contributed by atoms with E-state index in [4.69, 9.17) is 16.3 Å². The van der Waals surface area contributed by atoms with E-state index < -0.39 is 18.1 Å². The minimum Gasteiger partial charge on any atom is -0.480 e. The van der Waals surface area contributed by atoms with Gasteiger partial charge in [-0.1, -0.05) is 60.1 Å². The average Bonchev–Trinajstić information content (AvgIpc) is 3.27. The van der Waals surface area contributed by atoms with Crippen LogP contribution in [0.2, 0.25) is 4.34 Å². The molecule has 0 spiro atoms. The summed E-state index contributed by atoms with van der Waals surface area (Å²) in [5.41, 5.74) is 5.14. The smallest absolute Gasteiger partial charge is 0.407 e. The number of carbonyl (C=O) groups excluding carboxylic acids is 1. The van der Waals surface area contributed by atoms with Crippen LogP contribution in [0.25, 0.3) is 11.1 Å². The van der Waals surface area contributed by atoms with Gasteiger partial charge in [-0.25, -0.2) is 9.59 Å². The van der Waals surface area contributed by atoms with Crippen LogP contribution in [0.1, 0.15) is 22.6 Å². The first kappa shape index (κ1) is 19.5. The number of hydrogen-bond acceptors (Lipinski definition) is 4. The fraction of sp³-hybridized carbons (Fsp3) is 0.182. The molecule has 2 aromatic carbocycles. The van der Waals surface area contributed by atoms with E-state index in [1.807, 2.05) is 36.4 Å². The zero-order valence-electron chi connectivity index (χ0n) is 15.3. The van der Waals surface area contributed by atoms with Crippen molar-refractivity contribution in [2.24, 2.45) is 0 Å². The lowest BCUT2D eigenvalue weighted by Gasteiger charge is -2.17. The second-order valence-electron chi connectivity index (χ2n) is 6.78. The maximum Gasteiger partial charge on any atom is 0.407 e. The first-order valence-corrected chi connectivity index (χ1v) is 10.4. The Morgan fingerprint density at radius 1 is 1.07 bits per heavy atom. The van der Waals surface area contributed by atoms with Gasteiger partial charge in [0.1, 0.15) is 12.6 Å². The van der Waals surface area contributed by atoms with Gasteiger partial charge in [0.05, 0.1) is 4.34 Å². The first-order valence-electron chi connectivity index (χ1n) is 9.10. The molecule has 0 saturated carbocycles. The Kier molecular flexibility index (Phi) is 5.56. The standard InChI is InChI=1S/C22H18ClNO4S/c23-20-13(9-10-29-20)11-19(21(25)26)24-22(27)28-12-18-16-7-3-1-5-14(16)15-6-2-4-8-17(15)18/h1-10,18-19H,11-12H2,(H,24,27)(H,25,26). The number of rotatable bonds is 6. The molecule has 148 valence electrons. The number of fused-ring (bicyclic) bond motifs is 3. The third kappa shape index (κ3) is 3.99. The summed E-state index contributed by atoms with van der Waals surface area (Å²) in [7, 11) is 0. The van der Waals surface area contributed by atoms with Crippen molar-refractivity contribution in [3.63, 3.8) is 0 Å². The third-order valence-electron chi connectivity index (χ3n) is 5.05. The summed E-state index contributed by atoms with van der Waals surface area (Å²) in [5, 5.41) is 13.7. The van der Waals surface area contributed by atoms with Crippen LogP contribution in [0, 0.1) is 0 Å². The number of benzene rings is 2. The van der Waals surface area contributed by atoms with Crippen LogP contribution in [0.15, 0.2) is 60.0 Å². The van der Waals surface area contributed by atoms with Crippen molar-refractivity contribution in [2.75, 3.05) is 6.61 Å². The number of thiophene rings is 1. The number of alkyl carbamates (subject to hydrolysis) is 1. The van der Waals surface area contributed by atoms with Gasteiger partial charge < -0.3 is 15.2 Å². The Morgan fingerprint density at radius 3 is 2.24 bits per heavy atom. The number of nitrogens with one attached hydrogen (secondary N) is 1. The Labute approximate surface area is 176 Å². The summed E-state index contributed by atoms with van der Waals surface area (Å²) >= 11 is 7.37. The second kappa shape index (κ2) is 8.27. The predicted octanol–water partition coefficient (Wildman–Crippen LogP) is 4.94. The van der Waals surface area contributed by atoms with Gasteiger partial charge in [0.25, 0.3) is 0 Å². The average molecular weight is 428 g/mol. The van der Waals surface area contributed by atoms with Crippen molar-refractivity contribution in [1.82, 2.24) is 5.32 Å². The van der Waals surface area contributed by atoms with E-state index in [1.54, 1.807) is 11.4 Å². The van der Waals surface area contributed by atoms with Crippen molar-refractivity contribution < 1.29 is 19.4 Å². The Balaban J connectivity index is 1.44. The molecule has 29 heavy (non-hydrogen) atoms. The number of carboxylic acids is 1. The lowest BCUT2D eigenvalue weighted by Crippen LogP contribution is -2.42. The van der Waals surface area contributed by atoms with E-state index in [9.17, 15) is 14.7 Å². The number of ether oxygens (including phenoxy) is 1. The molecule has 1 aromatic heterocycles. The maximum absolute atomic E-state index is 12.3. The van der Waals surface area contributed by atoms with Crippen LogP contribution in [-0.4, -0.2) is 29.8 Å². The van der Waals surface area contributed by atoms with Crippen molar-refractivity contribution in [3.05, 3.63) is 81.0 Å². The maximum atomic E-state index is 12.3. The highest BCUT2D eigenvalue weighted by Gasteiger charge is 2.30. The van der Waals surface area contributed by atoms with E-state index in [-0.39, 0.29) is 18.9 Å². The molecule has 1 heterocycles. The lowest BCUT2D eigenvalue weighted by molar-refractivity contribution is -0.139. The minimum absolute atomic E-state index is 0.0808. The molecule has 0 saturated heterocycles. The first-order chi connectivity index (χ1) is 14.0. The third-order valence-corrected chi connectivity index (χ3v) is 6.30. The largest absolute Gasteiger partial charge is 0.480 e. The highest BCUT2D eigenvalue weighted by atomic mass is 35.5. The fourth-order valence-electron chi connectivity index (χ4n) is 3.67. The number of carboxylic acid groups (broad SMARTS) is 1. The molecule has 5 nitrogen and oxygen atoms in total. The molecule has 1 unspecified atom stereocenters. The SMILES string of the molecule is O=C(NC(Cc1ccsc1Cl)C(=O)O)OCC1c2ccccc2-c2ccccc21. The summed E-state index contributed by atoms with van der Waals surface area (Å²) < 4.78 is 5.95. The quantitative estimate of drug-likeness (QED) is 0.584. The summed E-state index contributed by atoms with van der Waals surface area (Å²) in [4.78, 5) is 23.9. The van der Waals surface area contributed by atoms with Crippen LogP contribution in [0.5, 0.6) is 0 Å². The second-order valence-corrected chi connectivity index (χ2v) is 8.30. The minimum atomic E-state index is -1.14. The van der Waals surface area contributed by atoms with E-state index in [1.165, 1.54) is 11.3 Å². The van der Waals surface area contributed by atoms with Crippen LogP contribution in [0.3, 0.4) is 0 Å².